The number of hydrogen-bond acceptors (Lipinski definition) is 5. The second-order valence-electron chi connectivity index (χ2n) is 3.44. The van der Waals surface area contributed by atoms with Gasteiger partial charge in [-0.05, 0) is 24.3 Å². The topological polar surface area (TPSA) is 64.9 Å². The van der Waals surface area contributed by atoms with Crippen molar-refractivity contribution in [3.63, 3.8) is 0 Å². The molecule has 2 heterocycles. The predicted molar refractivity (Wildman–Crippen MR) is 59.6 cm³/mol. The van der Waals surface area contributed by atoms with Gasteiger partial charge >= 0.3 is 0 Å². The first-order valence-electron chi connectivity index (χ1n) is 4.84. The van der Waals surface area contributed by atoms with Gasteiger partial charge in [-0.15, -0.1) is 0 Å². The van der Waals surface area contributed by atoms with E-state index in [1.54, 1.807) is 11.3 Å². The molecule has 0 saturated heterocycles. The fourth-order valence-electron chi connectivity index (χ4n) is 1.26. The Hall–Kier alpha value is -1.20. The van der Waals surface area contributed by atoms with E-state index in [1.807, 2.05) is 19.2 Å². The minimum Gasteiger partial charge on any atom is -0.334 e. The molecule has 0 radical (unpaired) electrons. The van der Waals surface area contributed by atoms with Gasteiger partial charge in [-0.3, -0.25) is 0 Å². The number of hydrogen-bond donors (Lipinski definition) is 1. The van der Waals surface area contributed by atoms with Crippen molar-refractivity contribution in [2.24, 2.45) is 5.73 Å². The molecule has 2 rings (SSSR count). The smallest absolute Gasteiger partial charge is 0.259 e. The molecule has 80 valence electrons. The summed E-state index contributed by atoms with van der Waals surface area (Å²) >= 11 is 1.63. The molecule has 5 heteroatoms. The highest BCUT2D eigenvalue weighted by Crippen LogP contribution is 2.26. The Kier molecular flexibility index (Phi) is 2.83. The molecular formula is C10H13N3OS. The quantitative estimate of drug-likeness (QED) is 0.868. The Balaban J connectivity index is 2.32. The lowest BCUT2D eigenvalue weighted by molar-refractivity contribution is 0.415. The molecule has 0 saturated carbocycles. The van der Waals surface area contributed by atoms with Crippen LogP contribution in [0, 0.1) is 6.92 Å². The van der Waals surface area contributed by atoms with Crippen molar-refractivity contribution in [3.8, 4) is 11.5 Å². The maximum atomic E-state index is 5.82. The lowest BCUT2D eigenvalue weighted by Gasteiger charge is -1.99. The first-order chi connectivity index (χ1) is 7.22. The van der Waals surface area contributed by atoms with E-state index in [1.165, 1.54) is 0 Å². The third-order valence-electron chi connectivity index (χ3n) is 2.30. The van der Waals surface area contributed by atoms with Gasteiger partial charge in [0.2, 0.25) is 0 Å². The van der Waals surface area contributed by atoms with Crippen molar-refractivity contribution in [1.29, 1.82) is 0 Å². The van der Waals surface area contributed by atoms with Gasteiger partial charge in [0.25, 0.3) is 5.89 Å². The molecule has 0 aliphatic carbocycles. The van der Waals surface area contributed by atoms with E-state index >= 15 is 0 Å². The molecule has 2 aromatic rings. The Labute approximate surface area is 92.1 Å². The van der Waals surface area contributed by atoms with Crippen LogP contribution in [-0.4, -0.2) is 10.1 Å². The Morgan fingerprint density at radius 3 is 2.93 bits per heavy atom. The lowest BCUT2D eigenvalue weighted by Crippen LogP contribution is -2.10. The van der Waals surface area contributed by atoms with Crippen LogP contribution in [0.15, 0.2) is 15.3 Å². The van der Waals surface area contributed by atoms with Gasteiger partial charge in [0, 0.05) is 5.38 Å². The molecule has 0 aliphatic rings. The summed E-state index contributed by atoms with van der Waals surface area (Å²) in [5.41, 5.74) is 7.97. The van der Waals surface area contributed by atoms with E-state index in [0.717, 1.165) is 17.5 Å². The van der Waals surface area contributed by atoms with Crippen LogP contribution in [0.3, 0.4) is 0 Å². The van der Waals surface area contributed by atoms with Crippen LogP contribution in [0.2, 0.25) is 0 Å². The second kappa shape index (κ2) is 4.12. The van der Waals surface area contributed by atoms with E-state index in [-0.39, 0.29) is 6.04 Å². The summed E-state index contributed by atoms with van der Waals surface area (Å²) in [5, 5.41) is 7.94. The lowest BCUT2D eigenvalue weighted by atomic mass is 10.2. The summed E-state index contributed by atoms with van der Waals surface area (Å²) in [6.45, 7) is 4.02. The highest BCUT2D eigenvalue weighted by molar-refractivity contribution is 7.08. The zero-order valence-corrected chi connectivity index (χ0v) is 9.54. The van der Waals surface area contributed by atoms with E-state index in [2.05, 4.69) is 15.5 Å². The van der Waals surface area contributed by atoms with Gasteiger partial charge in [0.15, 0.2) is 5.82 Å². The molecule has 0 bridgehead atoms. The molecule has 0 amide bonds. The largest absolute Gasteiger partial charge is 0.334 e. The van der Waals surface area contributed by atoms with Crippen molar-refractivity contribution < 1.29 is 4.52 Å². The van der Waals surface area contributed by atoms with Gasteiger partial charge in [-0.1, -0.05) is 12.1 Å². The van der Waals surface area contributed by atoms with Crippen molar-refractivity contribution in [1.82, 2.24) is 10.1 Å². The van der Waals surface area contributed by atoms with Crippen LogP contribution < -0.4 is 5.73 Å². The van der Waals surface area contributed by atoms with E-state index < -0.39 is 0 Å². The van der Waals surface area contributed by atoms with Crippen molar-refractivity contribution in [3.05, 3.63) is 22.1 Å². The summed E-state index contributed by atoms with van der Waals surface area (Å²) in [7, 11) is 0. The van der Waals surface area contributed by atoms with Gasteiger partial charge < -0.3 is 10.3 Å². The molecular weight excluding hydrogens is 210 g/mol. The van der Waals surface area contributed by atoms with E-state index in [4.69, 9.17) is 10.3 Å². The minimum atomic E-state index is -0.138. The standard InChI is InChI=1S/C10H13N3OS/c1-3-8(11)9-12-10(14-13-9)7-5-15-4-6(7)2/h4-5,8H,3,11H2,1-2H3. The van der Waals surface area contributed by atoms with Gasteiger partial charge in [0.1, 0.15) is 0 Å². The van der Waals surface area contributed by atoms with E-state index in [0.29, 0.717) is 11.7 Å². The molecule has 15 heavy (non-hydrogen) atoms. The maximum absolute atomic E-state index is 5.82. The summed E-state index contributed by atoms with van der Waals surface area (Å²) in [4.78, 5) is 4.29. The average Bonchev–Trinajstić information content (AvgIpc) is 2.84. The van der Waals surface area contributed by atoms with Crippen LogP contribution in [0.5, 0.6) is 0 Å². The predicted octanol–water partition coefficient (Wildman–Crippen LogP) is 2.52. The SMILES string of the molecule is CCC(N)c1noc(-c2cscc2C)n1. The second-order valence-corrected chi connectivity index (χ2v) is 4.18. The fourth-order valence-corrected chi connectivity index (χ4v) is 2.08. The number of aromatic nitrogens is 2. The third kappa shape index (κ3) is 1.93. The number of nitrogens with zero attached hydrogens (tertiary/aromatic N) is 2. The highest BCUT2D eigenvalue weighted by Gasteiger charge is 2.15. The molecule has 0 aromatic carbocycles. The molecule has 0 aliphatic heterocycles. The maximum Gasteiger partial charge on any atom is 0.259 e. The van der Waals surface area contributed by atoms with Crippen LogP contribution in [-0.2, 0) is 0 Å². The van der Waals surface area contributed by atoms with Gasteiger partial charge in [-0.25, -0.2) is 0 Å². The molecule has 2 aromatic heterocycles. The summed E-state index contributed by atoms with van der Waals surface area (Å²) in [5.74, 6) is 1.14. The van der Waals surface area contributed by atoms with Gasteiger partial charge in [0.05, 0.1) is 11.6 Å². The number of aryl methyl sites for hydroxylation is 1. The molecule has 0 fully saturated rings. The Morgan fingerprint density at radius 1 is 1.53 bits per heavy atom. The fraction of sp³-hybridized carbons (Fsp3) is 0.400. The van der Waals surface area contributed by atoms with Crippen LogP contribution in [0.1, 0.15) is 30.8 Å². The zero-order chi connectivity index (χ0) is 10.8. The third-order valence-corrected chi connectivity index (χ3v) is 3.16. The van der Waals surface area contributed by atoms with Gasteiger partial charge in [-0.2, -0.15) is 16.3 Å². The normalized spacial score (nSPS) is 13.0. The molecule has 4 nitrogen and oxygen atoms in total. The number of rotatable bonds is 3. The molecule has 2 N–H and O–H groups in total. The number of nitrogens with two attached hydrogens (primary N) is 1. The van der Waals surface area contributed by atoms with Crippen molar-refractivity contribution >= 4 is 11.3 Å². The summed E-state index contributed by atoms with van der Waals surface area (Å²) in [6.07, 6.45) is 0.807. The minimum absolute atomic E-state index is 0.138. The first-order valence-corrected chi connectivity index (χ1v) is 5.79. The van der Waals surface area contributed by atoms with Crippen molar-refractivity contribution in [2.45, 2.75) is 26.3 Å². The zero-order valence-electron chi connectivity index (χ0n) is 8.73. The first kappa shape index (κ1) is 10.3. The molecule has 1 unspecified atom stereocenters. The molecule has 0 spiro atoms. The number of thiophene rings is 1. The Bertz CT molecular complexity index is 449. The average molecular weight is 223 g/mol. The van der Waals surface area contributed by atoms with Crippen LogP contribution in [0.25, 0.3) is 11.5 Å². The summed E-state index contributed by atoms with van der Waals surface area (Å²) in [6, 6.07) is -0.138. The van der Waals surface area contributed by atoms with Crippen LogP contribution >= 0.6 is 11.3 Å². The monoisotopic (exact) mass is 223 g/mol. The summed E-state index contributed by atoms with van der Waals surface area (Å²) < 4.78 is 5.18. The Morgan fingerprint density at radius 2 is 2.33 bits per heavy atom. The van der Waals surface area contributed by atoms with Crippen molar-refractivity contribution in [2.75, 3.05) is 0 Å². The van der Waals surface area contributed by atoms with Crippen LogP contribution in [0.4, 0.5) is 0 Å². The highest BCUT2D eigenvalue weighted by atomic mass is 32.1. The molecule has 1 atom stereocenters. The van der Waals surface area contributed by atoms with E-state index in [9.17, 15) is 0 Å².